The number of hydrogen-bond acceptors (Lipinski definition) is 7. The summed E-state index contributed by atoms with van der Waals surface area (Å²) in [6, 6.07) is 0. The van der Waals surface area contributed by atoms with Crippen LogP contribution in [-0.2, 0) is 19.2 Å². The number of rotatable bonds is 14. The molecular weight excluding hydrogens is 1200 g/mol. The van der Waals surface area contributed by atoms with Gasteiger partial charge in [-0.2, -0.15) is 0 Å². The fourth-order valence-corrected chi connectivity index (χ4v) is 19.9. The zero-order chi connectivity index (χ0) is 60.9. The predicted molar refractivity (Wildman–Crippen MR) is 385 cm³/mol. The topological polar surface area (TPSA) is 119 Å². The number of fused-ring (bicyclic) bond motifs is 2. The zero-order valence-corrected chi connectivity index (χ0v) is 61.5. The van der Waals surface area contributed by atoms with Crippen LogP contribution in [0.5, 0.6) is 0 Å². The molecule has 0 aromatic carbocycles. The minimum absolute atomic E-state index is 0. The Morgan fingerprint density at radius 1 is 0.494 bits per heavy atom. The van der Waals surface area contributed by atoms with E-state index in [2.05, 4.69) is 50.6 Å². The Morgan fingerprint density at radius 3 is 1.31 bits per heavy atom. The van der Waals surface area contributed by atoms with Gasteiger partial charge in [0.15, 0.2) is 11.6 Å². The predicted octanol–water partition coefficient (Wildman–Crippen LogP) is 19.4. The second kappa shape index (κ2) is 45.4. The third kappa shape index (κ3) is 28.3. The Bertz CT molecular complexity index is 2010. The van der Waals surface area contributed by atoms with Crippen LogP contribution < -0.4 is 30.3 Å². The van der Waals surface area contributed by atoms with Crippen LogP contribution in [-0.4, -0.2) is 54.2 Å². The molecule has 9 heteroatoms. The molecule has 0 radical (unpaired) electrons. The second-order valence-electron chi connectivity index (χ2n) is 31.2. The molecule has 0 spiro atoms. The van der Waals surface area contributed by atoms with E-state index < -0.39 is 0 Å². The van der Waals surface area contributed by atoms with Crippen LogP contribution in [0.4, 0.5) is 0 Å². The van der Waals surface area contributed by atoms with E-state index in [9.17, 15) is 19.2 Å². The monoisotopic (exact) mass is 1340 g/mol. The van der Waals surface area contributed by atoms with Crippen molar-refractivity contribution in [3.05, 3.63) is 36.1 Å². The molecule has 2 saturated heterocycles. The molecule has 4 N–H and O–H groups in total. The van der Waals surface area contributed by atoms with Crippen LogP contribution in [0.15, 0.2) is 36.1 Å². The fraction of sp³-hybridized carbons (Fsp3) is 0.875. The molecule has 508 valence electrons. The molecule has 0 amide bonds. The first-order chi connectivity index (χ1) is 41.9. The van der Waals surface area contributed by atoms with E-state index in [1.54, 1.807) is 5.70 Å². The molecule has 12 rings (SSSR count). The van der Waals surface area contributed by atoms with Crippen LogP contribution in [0.3, 0.4) is 0 Å². The maximum Gasteiger partial charge on any atom is 1.00 e. The van der Waals surface area contributed by atoms with Gasteiger partial charge < -0.3 is 17.8 Å². The molecule has 2 heterocycles. The summed E-state index contributed by atoms with van der Waals surface area (Å²) in [5.74, 6) is 16.0. The molecule has 0 aromatic rings. The van der Waals surface area contributed by atoms with Gasteiger partial charge in [-0.25, -0.2) is 0 Å². The Balaban J connectivity index is 0.000000294. The summed E-state index contributed by atoms with van der Waals surface area (Å²) in [5, 5.41) is 3.22. The summed E-state index contributed by atoms with van der Waals surface area (Å²) in [6.07, 6.45) is 68.3. The average Bonchev–Trinajstić information content (AvgIpc) is 4.45. The number of hydrogen-bond donors (Lipinski definition) is 2. The number of nitrogens with zero attached hydrogens (tertiary/aromatic N) is 1. The maximum absolute atomic E-state index is 11.6. The third-order valence-corrected chi connectivity index (χ3v) is 25.3. The van der Waals surface area contributed by atoms with Crippen molar-refractivity contribution in [2.24, 2.45) is 88.8 Å². The third-order valence-electron chi connectivity index (χ3n) is 25.3. The quantitative estimate of drug-likeness (QED) is 0.101. The first-order valence-electron chi connectivity index (χ1n) is 38.5. The summed E-state index contributed by atoms with van der Waals surface area (Å²) in [7, 11) is 0. The van der Waals surface area contributed by atoms with E-state index in [4.69, 9.17) is 0 Å². The van der Waals surface area contributed by atoms with Crippen molar-refractivity contribution in [2.75, 3.05) is 26.2 Å². The Labute approximate surface area is 579 Å². The van der Waals surface area contributed by atoms with Crippen molar-refractivity contribution in [3.63, 3.8) is 0 Å². The van der Waals surface area contributed by atoms with Gasteiger partial charge in [0.1, 0.15) is 11.6 Å². The molecule has 8 saturated carbocycles. The van der Waals surface area contributed by atoms with Gasteiger partial charge in [0.25, 0.3) is 0 Å². The Morgan fingerprint density at radius 2 is 0.876 bits per heavy atom. The van der Waals surface area contributed by atoms with Crippen LogP contribution in [0.1, 0.15) is 331 Å². The van der Waals surface area contributed by atoms with Crippen LogP contribution in [0, 0.1) is 88.8 Å². The minimum atomic E-state index is 0. The van der Waals surface area contributed by atoms with E-state index in [0.717, 1.165) is 127 Å². The fourth-order valence-electron chi connectivity index (χ4n) is 19.9. The molecule has 7 nitrogen and oxygen atoms in total. The van der Waals surface area contributed by atoms with E-state index in [1.807, 2.05) is 6.08 Å². The van der Waals surface area contributed by atoms with E-state index in [-0.39, 0.29) is 56.2 Å². The molecule has 2 aliphatic heterocycles. The van der Waals surface area contributed by atoms with Crippen LogP contribution in [0.2, 0.25) is 0 Å². The van der Waals surface area contributed by atoms with Crippen LogP contribution >= 0.6 is 24.0 Å². The van der Waals surface area contributed by atoms with Crippen molar-refractivity contribution < 1.29 is 39.5 Å². The molecule has 89 heavy (non-hydrogen) atoms. The van der Waals surface area contributed by atoms with Crippen molar-refractivity contribution in [1.29, 1.82) is 0 Å². The van der Waals surface area contributed by atoms with Crippen molar-refractivity contribution in [1.82, 2.24) is 16.4 Å². The first kappa shape index (κ1) is 80.4. The number of Topliss-reactive ketones (excluding diaryl/α,β-unsaturated/α-hetero) is 2. The molecule has 6 atom stereocenters. The van der Waals surface area contributed by atoms with Gasteiger partial charge in [0, 0.05) is 50.9 Å². The van der Waals surface area contributed by atoms with Gasteiger partial charge in [0.2, 0.25) is 0 Å². The van der Waals surface area contributed by atoms with Crippen molar-refractivity contribution in [2.45, 2.75) is 330 Å². The molecule has 0 aromatic heterocycles. The second-order valence-corrected chi connectivity index (χ2v) is 31.2. The van der Waals surface area contributed by atoms with Crippen LogP contribution in [0.25, 0.3) is 0 Å². The number of nitrogens with one attached hydrogen (secondary N) is 1. The molecular formula is C80H141ILiN3O4. The molecule has 0 bridgehead atoms. The number of carbonyl (C=O) groups excluding carboxylic acids is 4. The molecule has 6 unspecified atom stereocenters. The molecule has 10 fully saturated rings. The zero-order valence-electron chi connectivity index (χ0n) is 60.2. The summed E-state index contributed by atoms with van der Waals surface area (Å²) in [4.78, 5) is 46.7. The van der Waals surface area contributed by atoms with Crippen molar-refractivity contribution >= 4 is 47.1 Å². The Hall–Kier alpha value is -1.05. The summed E-state index contributed by atoms with van der Waals surface area (Å²) < 4.78 is 0. The van der Waals surface area contributed by atoms with Gasteiger partial charge in [-0.1, -0.05) is 149 Å². The van der Waals surface area contributed by atoms with E-state index >= 15 is 0 Å². The van der Waals surface area contributed by atoms with Gasteiger partial charge in [-0.15, -0.1) is 24.0 Å². The Kier molecular flexibility index (Phi) is 41.0. The smallest absolute Gasteiger partial charge is 1.00 e. The number of likely N-dealkylation sites (tertiary alicyclic amines) is 1. The largest absolute Gasteiger partial charge is 1.00 e. The summed E-state index contributed by atoms with van der Waals surface area (Å²) >= 11 is 0. The molecule has 10 aliphatic carbocycles. The number of ketones is 4. The van der Waals surface area contributed by atoms with Gasteiger partial charge >= 0.3 is 18.9 Å². The SMILES string of the molecule is C1CCNC1.C=CC(C)=O.CCCC1CCC(C2CC=C(N3CCCC3)CC2)CC1.CCCC1CCC(C2CCC(=O)CC2)CC1.CCCC1CCC(C2CCC3=CC(=O)CCC3C2)CC1.CCCC1CCC(C2CCC3CC(=O)CCC3C2)CC1.I.N.[H-].[Li+]. The summed E-state index contributed by atoms with van der Waals surface area (Å²) in [6.45, 7) is 19.1. The number of allylic oxidation sites excluding steroid dienone is 5. The van der Waals surface area contributed by atoms with Gasteiger partial charge in [-0.3, -0.25) is 19.2 Å². The summed E-state index contributed by atoms with van der Waals surface area (Å²) in [5.41, 5.74) is 3.19. The van der Waals surface area contributed by atoms with E-state index in [0.29, 0.717) is 17.3 Å². The van der Waals surface area contributed by atoms with Crippen molar-refractivity contribution in [3.8, 4) is 0 Å². The number of carbonyl (C=O) groups is 4. The minimum Gasteiger partial charge on any atom is -1.00 e. The number of halogens is 1. The average molecular weight is 1340 g/mol. The normalized spacial score (nSPS) is 33.6. The molecule has 12 aliphatic rings. The standard InChI is InChI=1S/C19H33N.C19H32O.C19H30O.C15H26O.C4H9N.C4H6O.HI.Li.H3N.H/c1-2-5-16-6-8-17(9-7-16)18-10-12-19(13-11-18)20-14-3-4-15-20;2*1-2-3-14-4-6-15(7-5-14)16-8-9-18-13-19(20)11-10-17(18)12-16;1-2-3-12-4-6-13(7-5-12)14-8-10-15(16)11-9-14;1-2-4-5-3-1;1-3-4(2)5;;;;/h12,16-18H,2-11,13-15H2,1H3;14-18H,2-13H2,1H3;13-17H,2-12H2,1H3;12-14H,2-11H2,1H3;5H,1-4H2;3H,1H2,2H3;1H;;1H3;/q;;;;;;;+1;;-1. The van der Waals surface area contributed by atoms with E-state index in [1.165, 1.54) is 302 Å². The maximum atomic E-state index is 11.6. The van der Waals surface area contributed by atoms with Gasteiger partial charge in [-0.05, 0) is 281 Å². The first-order valence-corrected chi connectivity index (χ1v) is 38.5. The van der Waals surface area contributed by atoms with Gasteiger partial charge in [0.05, 0.1) is 0 Å².